The summed E-state index contributed by atoms with van der Waals surface area (Å²) < 4.78 is 5.24. The number of aromatic amines is 1. The standard InChI is InChI=1S/C19H20N4O3/c1-12-9-18(24)26-17-10-14(4-5-15(12)17)21-19(25)23-8-2-3-13(11-23)16-6-7-20-22-16/h4-7,9-10,13H,2-3,8,11H2,1H3,(H,20,22)(H,21,25)/t13-/m1/s1. The van der Waals surface area contributed by atoms with Crippen LogP contribution in [0.1, 0.15) is 30.0 Å². The summed E-state index contributed by atoms with van der Waals surface area (Å²) in [6, 6.07) is 8.64. The number of anilines is 1. The summed E-state index contributed by atoms with van der Waals surface area (Å²) in [6.45, 7) is 3.23. The number of aryl methyl sites for hydroxylation is 1. The number of urea groups is 1. The molecule has 0 bridgehead atoms. The number of hydrogen-bond acceptors (Lipinski definition) is 4. The Morgan fingerprint density at radius 3 is 3.04 bits per heavy atom. The van der Waals surface area contributed by atoms with E-state index in [1.165, 1.54) is 6.07 Å². The van der Waals surface area contributed by atoms with Crippen molar-refractivity contribution in [3.8, 4) is 0 Å². The highest BCUT2D eigenvalue weighted by atomic mass is 16.4. The number of H-pyrrole nitrogens is 1. The van der Waals surface area contributed by atoms with Gasteiger partial charge in [0.25, 0.3) is 0 Å². The second-order valence-corrected chi connectivity index (χ2v) is 6.69. The molecule has 3 heterocycles. The molecular formula is C19H20N4O3. The lowest BCUT2D eigenvalue weighted by Gasteiger charge is -2.32. The minimum atomic E-state index is -0.392. The van der Waals surface area contributed by atoms with Gasteiger partial charge in [-0.25, -0.2) is 9.59 Å². The monoisotopic (exact) mass is 352 g/mol. The van der Waals surface area contributed by atoms with Crippen LogP contribution in [0.5, 0.6) is 0 Å². The number of benzene rings is 1. The van der Waals surface area contributed by atoms with Crippen LogP contribution < -0.4 is 10.9 Å². The molecule has 0 radical (unpaired) electrons. The van der Waals surface area contributed by atoms with E-state index in [1.807, 2.05) is 30.0 Å². The van der Waals surface area contributed by atoms with Gasteiger partial charge in [0.05, 0.1) is 0 Å². The number of rotatable bonds is 2. The van der Waals surface area contributed by atoms with Crippen molar-refractivity contribution in [2.45, 2.75) is 25.7 Å². The first-order valence-electron chi connectivity index (χ1n) is 8.70. The Kier molecular flexibility index (Phi) is 4.20. The van der Waals surface area contributed by atoms with Crippen LogP contribution >= 0.6 is 0 Å². The fraction of sp³-hybridized carbons (Fsp3) is 0.316. The zero-order valence-electron chi connectivity index (χ0n) is 14.5. The van der Waals surface area contributed by atoms with Crippen LogP contribution in [0.2, 0.25) is 0 Å². The highest BCUT2D eigenvalue weighted by molar-refractivity contribution is 5.92. The summed E-state index contributed by atoms with van der Waals surface area (Å²) in [6.07, 6.45) is 3.72. The molecule has 134 valence electrons. The molecule has 0 aliphatic carbocycles. The molecule has 1 aliphatic heterocycles. The molecule has 0 unspecified atom stereocenters. The van der Waals surface area contributed by atoms with E-state index in [1.54, 1.807) is 12.3 Å². The molecule has 7 nitrogen and oxygen atoms in total. The van der Waals surface area contributed by atoms with E-state index in [-0.39, 0.29) is 11.9 Å². The second-order valence-electron chi connectivity index (χ2n) is 6.69. The molecular weight excluding hydrogens is 332 g/mol. The molecule has 2 aromatic heterocycles. The number of fused-ring (bicyclic) bond motifs is 1. The third kappa shape index (κ3) is 3.20. The third-order valence-corrected chi connectivity index (χ3v) is 4.87. The van der Waals surface area contributed by atoms with Crippen molar-refractivity contribution in [1.29, 1.82) is 0 Å². The van der Waals surface area contributed by atoms with Gasteiger partial charge in [-0.3, -0.25) is 5.10 Å². The van der Waals surface area contributed by atoms with E-state index in [2.05, 4.69) is 15.5 Å². The summed E-state index contributed by atoms with van der Waals surface area (Å²) in [7, 11) is 0. The van der Waals surface area contributed by atoms with E-state index in [9.17, 15) is 9.59 Å². The largest absolute Gasteiger partial charge is 0.423 e. The Morgan fingerprint density at radius 2 is 2.23 bits per heavy atom. The van der Waals surface area contributed by atoms with Crippen molar-refractivity contribution >= 4 is 22.7 Å². The molecule has 7 heteroatoms. The molecule has 26 heavy (non-hydrogen) atoms. The van der Waals surface area contributed by atoms with Crippen LogP contribution in [0.15, 0.2) is 45.7 Å². The van der Waals surface area contributed by atoms with Crippen molar-refractivity contribution in [3.63, 3.8) is 0 Å². The quantitative estimate of drug-likeness (QED) is 0.693. The number of carbonyl (C=O) groups is 1. The minimum Gasteiger partial charge on any atom is -0.423 e. The average Bonchev–Trinajstić information content (AvgIpc) is 3.16. The lowest BCUT2D eigenvalue weighted by Crippen LogP contribution is -2.41. The van der Waals surface area contributed by atoms with Crippen LogP contribution in [-0.4, -0.2) is 34.2 Å². The second kappa shape index (κ2) is 6.67. The lowest BCUT2D eigenvalue weighted by atomic mass is 9.95. The third-order valence-electron chi connectivity index (χ3n) is 4.87. The minimum absolute atomic E-state index is 0.149. The molecule has 1 aromatic carbocycles. The number of amides is 2. The molecule has 0 spiro atoms. The fourth-order valence-corrected chi connectivity index (χ4v) is 3.51. The van der Waals surface area contributed by atoms with Gasteiger partial charge < -0.3 is 14.6 Å². The SMILES string of the molecule is Cc1cc(=O)oc2cc(NC(=O)N3CCC[C@@H](c4ccn[nH]4)C3)ccc12. The zero-order chi connectivity index (χ0) is 18.1. The Hall–Kier alpha value is -3.09. The fourth-order valence-electron chi connectivity index (χ4n) is 3.51. The van der Waals surface area contributed by atoms with Gasteiger partial charge in [-0.15, -0.1) is 0 Å². The maximum Gasteiger partial charge on any atom is 0.336 e. The number of nitrogens with one attached hydrogen (secondary N) is 2. The van der Waals surface area contributed by atoms with E-state index in [4.69, 9.17) is 4.42 Å². The first-order chi connectivity index (χ1) is 12.6. The highest BCUT2D eigenvalue weighted by Crippen LogP contribution is 2.26. The topological polar surface area (TPSA) is 91.2 Å². The highest BCUT2D eigenvalue weighted by Gasteiger charge is 2.25. The summed E-state index contributed by atoms with van der Waals surface area (Å²) in [5.41, 5.74) is 2.61. The maximum atomic E-state index is 12.6. The van der Waals surface area contributed by atoms with E-state index in [0.717, 1.165) is 36.0 Å². The Labute approximate surface area is 150 Å². The van der Waals surface area contributed by atoms with Gasteiger partial charge in [0, 0.05) is 54.1 Å². The van der Waals surface area contributed by atoms with Gasteiger partial charge in [-0.05, 0) is 43.5 Å². The molecule has 4 rings (SSSR count). The number of likely N-dealkylation sites (tertiary alicyclic amines) is 1. The molecule has 0 saturated carbocycles. The van der Waals surface area contributed by atoms with Gasteiger partial charge in [0.15, 0.2) is 0 Å². The van der Waals surface area contributed by atoms with Gasteiger partial charge in [-0.1, -0.05) is 0 Å². The predicted octanol–water partition coefficient (Wildman–Crippen LogP) is 3.24. The first-order valence-corrected chi connectivity index (χ1v) is 8.70. The van der Waals surface area contributed by atoms with Crippen LogP contribution in [0, 0.1) is 6.92 Å². The maximum absolute atomic E-state index is 12.6. The number of nitrogens with zero attached hydrogens (tertiary/aromatic N) is 2. The van der Waals surface area contributed by atoms with E-state index < -0.39 is 5.63 Å². The Morgan fingerprint density at radius 1 is 1.35 bits per heavy atom. The van der Waals surface area contributed by atoms with Crippen molar-refractivity contribution in [3.05, 3.63) is 58.2 Å². The lowest BCUT2D eigenvalue weighted by molar-refractivity contribution is 0.192. The van der Waals surface area contributed by atoms with Gasteiger partial charge in [0.2, 0.25) is 0 Å². The van der Waals surface area contributed by atoms with Crippen LogP contribution in [0.3, 0.4) is 0 Å². The molecule has 1 aliphatic rings. The van der Waals surface area contributed by atoms with Gasteiger partial charge >= 0.3 is 11.7 Å². The van der Waals surface area contributed by atoms with Gasteiger partial charge in [-0.2, -0.15) is 5.10 Å². The Balaban J connectivity index is 1.50. The molecule has 3 aromatic rings. The molecule has 1 atom stereocenters. The van der Waals surface area contributed by atoms with Crippen molar-refractivity contribution in [2.24, 2.45) is 0 Å². The van der Waals surface area contributed by atoms with E-state index in [0.29, 0.717) is 17.8 Å². The summed E-state index contributed by atoms with van der Waals surface area (Å²) in [5, 5.41) is 10.8. The first kappa shape index (κ1) is 16.4. The number of hydrogen-bond donors (Lipinski definition) is 2. The van der Waals surface area contributed by atoms with Crippen LogP contribution in [0.25, 0.3) is 11.0 Å². The average molecular weight is 352 g/mol. The van der Waals surface area contributed by atoms with Crippen molar-refractivity contribution < 1.29 is 9.21 Å². The van der Waals surface area contributed by atoms with Crippen molar-refractivity contribution in [2.75, 3.05) is 18.4 Å². The number of piperidine rings is 1. The van der Waals surface area contributed by atoms with Crippen molar-refractivity contribution in [1.82, 2.24) is 15.1 Å². The molecule has 1 fully saturated rings. The Bertz CT molecular complexity index is 994. The van der Waals surface area contributed by atoms with E-state index >= 15 is 0 Å². The van der Waals surface area contributed by atoms with Crippen LogP contribution in [-0.2, 0) is 0 Å². The zero-order valence-corrected chi connectivity index (χ0v) is 14.5. The summed E-state index contributed by atoms with van der Waals surface area (Å²) in [4.78, 5) is 26.0. The van der Waals surface area contributed by atoms with Crippen LogP contribution in [0.4, 0.5) is 10.5 Å². The summed E-state index contributed by atoms with van der Waals surface area (Å²) in [5.74, 6) is 0.272. The molecule has 2 amide bonds. The molecule has 2 N–H and O–H groups in total. The number of aromatic nitrogens is 2. The van der Waals surface area contributed by atoms with Gasteiger partial charge in [0.1, 0.15) is 5.58 Å². The summed E-state index contributed by atoms with van der Waals surface area (Å²) >= 11 is 0. The predicted molar refractivity (Wildman–Crippen MR) is 98.4 cm³/mol. The molecule has 1 saturated heterocycles. The smallest absolute Gasteiger partial charge is 0.336 e. The normalized spacial score (nSPS) is 17.4. The number of carbonyl (C=O) groups excluding carboxylic acids is 1.